The van der Waals surface area contributed by atoms with Gasteiger partial charge in [0.2, 0.25) is 0 Å². The molecule has 3 aromatic rings. The lowest BCUT2D eigenvalue weighted by molar-refractivity contribution is 0.100. The fraction of sp³-hybridized carbons (Fsp3) is 0.364. The van der Waals surface area contributed by atoms with Gasteiger partial charge >= 0.3 is 0 Å². The van der Waals surface area contributed by atoms with Crippen molar-refractivity contribution >= 4 is 16.8 Å². The van der Waals surface area contributed by atoms with Gasteiger partial charge in [0, 0.05) is 18.1 Å². The standard InChI is InChI=1S/C22H27N5O/c23-11-3-13-26-12-2-5-17(14-26)16-7-9-19(10-8-16)27-15-18-4-1-6-20(22(24)28)21(18)25-27/h1,4,6-10,15,17H,2-3,5,11-14,23H2,(H2,24,28)/t17-/m1/s1. The Bertz CT molecular complexity index is 963. The third-order valence-corrected chi connectivity index (χ3v) is 5.61. The van der Waals surface area contributed by atoms with Crippen molar-refractivity contribution in [1.29, 1.82) is 0 Å². The molecule has 6 heteroatoms. The molecule has 1 amide bonds. The molecule has 1 aromatic heterocycles. The number of nitrogens with two attached hydrogens (primary N) is 2. The van der Waals surface area contributed by atoms with Crippen LogP contribution in [0.5, 0.6) is 0 Å². The van der Waals surface area contributed by atoms with Gasteiger partial charge in [-0.1, -0.05) is 24.3 Å². The molecule has 1 atom stereocenters. The molecular formula is C22H27N5O. The maximum absolute atomic E-state index is 11.6. The average Bonchev–Trinajstić information content (AvgIpc) is 3.17. The Balaban J connectivity index is 1.54. The topological polar surface area (TPSA) is 90.2 Å². The van der Waals surface area contributed by atoms with Crippen molar-refractivity contribution in [2.45, 2.75) is 25.2 Å². The number of carbonyl (C=O) groups excluding carboxylic acids is 1. The van der Waals surface area contributed by atoms with Crippen molar-refractivity contribution < 1.29 is 4.79 Å². The number of fused-ring (bicyclic) bond motifs is 1. The van der Waals surface area contributed by atoms with Crippen LogP contribution in [0.2, 0.25) is 0 Å². The van der Waals surface area contributed by atoms with Crippen LogP contribution in [0.15, 0.2) is 48.7 Å². The molecule has 0 bridgehead atoms. The molecule has 2 heterocycles. The van der Waals surface area contributed by atoms with E-state index in [9.17, 15) is 4.79 Å². The summed E-state index contributed by atoms with van der Waals surface area (Å²) in [5.41, 5.74) is 14.6. The number of amides is 1. The Hall–Kier alpha value is -2.70. The fourth-order valence-corrected chi connectivity index (χ4v) is 4.12. The van der Waals surface area contributed by atoms with Crippen molar-refractivity contribution in [3.63, 3.8) is 0 Å². The molecule has 6 nitrogen and oxygen atoms in total. The summed E-state index contributed by atoms with van der Waals surface area (Å²) in [5, 5.41) is 5.49. The van der Waals surface area contributed by atoms with Gasteiger partial charge in [-0.15, -0.1) is 0 Å². The Morgan fingerprint density at radius 1 is 1.18 bits per heavy atom. The molecule has 1 aliphatic heterocycles. The number of likely N-dealkylation sites (tertiary alicyclic amines) is 1. The smallest absolute Gasteiger partial charge is 0.250 e. The molecule has 0 unspecified atom stereocenters. The summed E-state index contributed by atoms with van der Waals surface area (Å²) in [6.07, 6.45) is 5.46. The zero-order chi connectivity index (χ0) is 19.5. The fourth-order valence-electron chi connectivity index (χ4n) is 4.12. The van der Waals surface area contributed by atoms with Gasteiger partial charge in [-0.25, -0.2) is 4.68 Å². The first-order valence-corrected chi connectivity index (χ1v) is 9.96. The van der Waals surface area contributed by atoms with E-state index in [1.807, 2.05) is 23.0 Å². The third-order valence-electron chi connectivity index (χ3n) is 5.61. The normalized spacial score (nSPS) is 17.8. The predicted molar refractivity (Wildman–Crippen MR) is 112 cm³/mol. The first-order valence-electron chi connectivity index (χ1n) is 9.96. The average molecular weight is 377 g/mol. The Morgan fingerprint density at radius 2 is 2.00 bits per heavy atom. The van der Waals surface area contributed by atoms with Gasteiger partial charge in [0.1, 0.15) is 5.52 Å². The van der Waals surface area contributed by atoms with E-state index < -0.39 is 5.91 Å². The van der Waals surface area contributed by atoms with Crippen molar-refractivity contribution in [1.82, 2.24) is 14.7 Å². The minimum atomic E-state index is -0.456. The zero-order valence-electron chi connectivity index (χ0n) is 16.1. The van der Waals surface area contributed by atoms with E-state index in [2.05, 4.69) is 34.3 Å². The highest BCUT2D eigenvalue weighted by Gasteiger charge is 2.21. The SMILES string of the molecule is NCCCN1CCC[C@@H](c2ccc(-n3cc4cccc(C(N)=O)c4n3)cc2)C1. The summed E-state index contributed by atoms with van der Waals surface area (Å²) in [7, 11) is 0. The lowest BCUT2D eigenvalue weighted by Gasteiger charge is -2.33. The van der Waals surface area contributed by atoms with E-state index >= 15 is 0 Å². The number of benzene rings is 2. The van der Waals surface area contributed by atoms with E-state index in [0.717, 1.165) is 37.1 Å². The molecule has 146 valence electrons. The predicted octanol–water partition coefficient (Wildman–Crippen LogP) is 2.65. The molecule has 2 aromatic carbocycles. The van der Waals surface area contributed by atoms with Crippen LogP contribution < -0.4 is 11.5 Å². The zero-order valence-corrected chi connectivity index (χ0v) is 16.1. The van der Waals surface area contributed by atoms with Gasteiger partial charge in [0.25, 0.3) is 5.91 Å². The number of nitrogens with zero attached hydrogens (tertiary/aromatic N) is 3. The quantitative estimate of drug-likeness (QED) is 0.691. The highest BCUT2D eigenvalue weighted by molar-refractivity contribution is 6.04. The van der Waals surface area contributed by atoms with Gasteiger partial charge in [-0.2, -0.15) is 5.10 Å². The molecule has 0 saturated carbocycles. The second-order valence-electron chi connectivity index (χ2n) is 7.55. The molecule has 1 saturated heterocycles. The summed E-state index contributed by atoms with van der Waals surface area (Å²) in [6.45, 7) is 4.13. The highest BCUT2D eigenvalue weighted by atomic mass is 16.1. The molecule has 0 radical (unpaired) electrons. The number of hydrogen-bond acceptors (Lipinski definition) is 4. The number of carbonyl (C=O) groups is 1. The molecular weight excluding hydrogens is 350 g/mol. The maximum Gasteiger partial charge on any atom is 0.250 e. The van der Waals surface area contributed by atoms with E-state index in [0.29, 0.717) is 17.0 Å². The minimum Gasteiger partial charge on any atom is -0.366 e. The van der Waals surface area contributed by atoms with E-state index in [1.165, 1.54) is 24.9 Å². The van der Waals surface area contributed by atoms with Crippen LogP contribution in [0.1, 0.15) is 41.1 Å². The molecule has 0 spiro atoms. The van der Waals surface area contributed by atoms with Gasteiger partial charge < -0.3 is 16.4 Å². The number of hydrogen-bond donors (Lipinski definition) is 2. The van der Waals surface area contributed by atoms with Crippen LogP contribution in [0.4, 0.5) is 0 Å². The number of piperidine rings is 1. The largest absolute Gasteiger partial charge is 0.366 e. The van der Waals surface area contributed by atoms with Gasteiger partial charge in [-0.3, -0.25) is 4.79 Å². The summed E-state index contributed by atoms with van der Waals surface area (Å²) in [6, 6.07) is 14.1. The third kappa shape index (κ3) is 3.79. The van der Waals surface area contributed by atoms with Crippen LogP contribution >= 0.6 is 0 Å². The monoisotopic (exact) mass is 377 g/mol. The molecule has 4 rings (SSSR count). The van der Waals surface area contributed by atoms with Crippen molar-refractivity contribution in [2.75, 3.05) is 26.2 Å². The summed E-state index contributed by atoms with van der Waals surface area (Å²) >= 11 is 0. The highest BCUT2D eigenvalue weighted by Crippen LogP contribution is 2.28. The Morgan fingerprint density at radius 3 is 2.75 bits per heavy atom. The van der Waals surface area contributed by atoms with Crippen molar-refractivity contribution in [3.8, 4) is 5.69 Å². The summed E-state index contributed by atoms with van der Waals surface area (Å²) < 4.78 is 1.81. The molecule has 1 aliphatic rings. The second-order valence-corrected chi connectivity index (χ2v) is 7.55. The van der Waals surface area contributed by atoms with Gasteiger partial charge in [0.15, 0.2) is 0 Å². The van der Waals surface area contributed by atoms with E-state index in [4.69, 9.17) is 11.5 Å². The van der Waals surface area contributed by atoms with Crippen LogP contribution in [0.3, 0.4) is 0 Å². The lowest BCUT2D eigenvalue weighted by Crippen LogP contribution is -2.35. The van der Waals surface area contributed by atoms with E-state index in [1.54, 1.807) is 6.07 Å². The Labute approximate surface area is 165 Å². The van der Waals surface area contributed by atoms with Crippen LogP contribution in [0.25, 0.3) is 16.6 Å². The molecule has 28 heavy (non-hydrogen) atoms. The molecule has 1 fully saturated rings. The summed E-state index contributed by atoms with van der Waals surface area (Å²) in [4.78, 5) is 14.2. The maximum atomic E-state index is 11.6. The first-order chi connectivity index (χ1) is 13.7. The van der Waals surface area contributed by atoms with Crippen LogP contribution in [-0.2, 0) is 0 Å². The first kappa shape index (κ1) is 18.7. The number of aromatic nitrogens is 2. The lowest BCUT2D eigenvalue weighted by atomic mass is 9.90. The molecule has 0 aliphatic carbocycles. The molecule has 4 N–H and O–H groups in total. The summed E-state index contributed by atoms with van der Waals surface area (Å²) in [5.74, 6) is 0.112. The van der Waals surface area contributed by atoms with Crippen molar-refractivity contribution in [3.05, 3.63) is 59.8 Å². The minimum absolute atomic E-state index is 0.452. The van der Waals surface area contributed by atoms with Crippen molar-refractivity contribution in [2.24, 2.45) is 11.5 Å². The van der Waals surface area contributed by atoms with Crippen LogP contribution in [-0.4, -0.2) is 46.8 Å². The Kier molecular flexibility index (Phi) is 5.41. The van der Waals surface area contributed by atoms with E-state index in [-0.39, 0.29) is 0 Å². The van der Waals surface area contributed by atoms with Gasteiger partial charge in [0.05, 0.1) is 11.3 Å². The number of primary amides is 1. The van der Waals surface area contributed by atoms with Gasteiger partial charge in [-0.05, 0) is 68.6 Å². The van der Waals surface area contributed by atoms with Crippen LogP contribution in [0, 0.1) is 0 Å². The number of rotatable bonds is 6. The second kappa shape index (κ2) is 8.12.